The molecular formula is C21H21N3O3. The Balaban J connectivity index is 1.47. The summed E-state index contributed by atoms with van der Waals surface area (Å²) in [5, 5.41) is 3.80. The summed E-state index contributed by atoms with van der Waals surface area (Å²) in [6.07, 6.45) is 3.12. The van der Waals surface area contributed by atoms with E-state index < -0.39 is 0 Å². The molecule has 4 rings (SSSR count). The van der Waals surface area contributed by atoms with E-state index in [4.69, 9.17) is 9.26 Å². The zero-order valence-electron chi connectivity index (χ0n) is 15.2. The molecule has 3 aromatic rings. The number of benzene rings is 2. The minimum Gasteiger partial charge on any atom is -0.485 e. The number of para-hydroxylation sites is 1. The summed E-state index contributed by atoms with van der Waals surface area (Å²) < 4.78 is 10.6. The average Bonchev–Trinajstić information content (AvgIpc) is 3.00. The first kappa shape index (κ1) is 17.3. The van der Waals surface area contributed by atoms with Gasteiger partial charge in [0.25, 0.3) is 5.91 Å². The summed E-state index contributed by atoms with van der Waals surface area (Å²) in [5.74, 6) is 1.68. The minimum atomic E-state index is 0.0182. The van der Waals surface area contributed by atoms with E-state index in [-0.39, 0.29) is 12.5 Å². The molecule has 1 aliphatic heterocycles. The normalized spacial score (nSPS) is 13.7. The lowest BCUT2D eigenvalue weighted by Crippen LogP contribution is -2.31. The van der Waals surface area contributed by atoms with Crippen molar-refractivity contribution in [2.45, 2.75) is 32.8 Å². The fourth-order valence-corrected chi connectivity index (χ4v) is 3.30. The molecule has 6 nitrogen and oxygen atoms in total. The van der Waals surface area contributed by atoms with Gasteiger partial charge < -0.3 is 14.2 Å². The van der Waals surface area contributed by atoms with Crippen LogP contribution in [0.1, 0.15) is 40.5 Å². The third-order valence-corrected chi connectivity index (χ3v) is 4.64. The first-order chi connectivity index (χ1) is 13.2. The maximum absolute atomic E-state index is 13.1. The van der Waals surface area contributed by atoms with Crippen molar-refractivity contribution in [3.63, 3.8) is 0 Å². The van der Waals surface area contributed by atoms with E-state index in [2.05, 4.69) is 16.2 Å². The SMILES string of the molecule is Cc1nc(COc2ccc(C(=O)N3CCCCc4ccccc43)cc2)no1. The number of rotatable bonds is 4. The van der Waals surface area contributed by atoms with Gasteiger partial charge in [-0.2, -0.15) is 4.98 Å². The summed E-state index contributed by atoms with van der Waals surface area (Å²) in [6, 6.07) is 15.3. The molecule has 0 unspecified atom stereocenters. The van der Waals surface area contributed by atoms with Crippen LogP contribution in [0, 0.1) is 6.92 Å². The second kappa shape index (κ2) is 7.61. The van der Waals surface area contributed by atoms with Crippen molar-refractivity contribution in [1.82, 2.24) is 10.1 Å². The molecule has 138 valence electrons. The van der Waals surface area contributed by atoms with E-state index in [0.717, 1.165) is 31.5 Å². The van der Waals surface area contributed by atoms with Gasteiger partial charge in [0.15, 0.2) is 6.61 Å². The van der Waals surface area contributed by atoms with Crippen LogP contribution in [0.5, 0.6) is 5.75 Å². The van der Waals surface area contributed by atoms with Gasteiger partial charge in [-0.1, -0.05) is 23.4 Å². The number of carbonyl (C=O) groups is 1. The zero-order valence-corrected chi connectivity index (χ0v) is 15.2. The summed E-state index contributed by atoms with van der Waals surface area (Å²) >= 11 is 0. The molecule has 1 aliphatic rings. The molecule has 2 heterocycles. The maximum Gasteiger partial charge on any atom is 0.258 e. The van der Waals surface area contributed by atoms with Gasteiger partial charge in [0.1, 0.15) is 5.75 Å². The highest BCUT2D eigenvalue weighted by atomic mass is 16.5. The van der Waals surface area contributed by atoms with Crippen molar-refractivity contribution in [2.24, 2.45) is 0 Å². The predicted molar refractivity (Wildman–Crippen MR) is 101 cm³/mol. The molecule has 0 atom stereocenters. The lowest BCUT2D eigenvalue weighted by Gasteiger charge is -2.23. The summed E-state index contributed by atoms with van der Waals surface area (Å²) in [4.78, 5) is 19.0. The van der Waals surface area contributed by atoms with Crippen LogP contribution in [0.25, 0.3) is 0 Å². The number of fused-ring (bicyclic) bond motifs is 1. The quantitative estimate of drug-likeness (QED) is 0.702. The van der Waals surface area contributed by atoms with Crippen LogP contribution in [-0.4, -0.2) is 22.6 Å². The summed E-state index contributed by atoms with van der Waals surface area (Å²) in [6.45, 7) is 2.70. The Hall–Kier alpha value is -3.15. The fraction of sp³-hybridized carbons (Fsp3) is 0.286. The topological polar surface area (TPSA) is 68.5 Å². The first-order valence-electron chi connectivity index (χ1n) is 9.12. The molecule has 0 N–H and O–H groups in total. The number of aryl methyl sites for hydroxylation is 2. The van der Waals surface area contributed by atoms with E-state index in [0.29, 0.717) is 23.0 Å². The molecule has 0 saturated heterocycles. The van der Waals surface area contributed by atoms with Crippen molar-refractivity contribution in [1.29, 1.82) is 0 Å². The number of hydrogen-bond acceptors (Lipinski definition) is 5. The molecule has 27 heavy (non-hydrogen) atoms. The Morgan fingerprint density at radius 3 is 2.74 bits per heavy atom. The smallest absolute Gasteiger partial charge is 0.258 e. The second-order valence-electron chi connectivity index (χ2n) is 6.59. The van der Waals surface area contributed by atoms with Crippen LogP contribution >= 0.6 is 0 Å². The third-order valence-electron chi connectivity index (χ3n) is 4.64. The van der Waals surface area contributed by atoms with E-state index in [1.807, 2.05) is 23.1 Å². The second-order valence-corrected chi connectivity index (χ2v) is 6.59. The molecule has 0 bridgehead atoms. The number of carbonyl (C=O) groups excluding carboxylic acids is 1. The molecule has 0 aliphatic carbocycles. The minimum absolute atomic E-state index is 0.0182. The van der Waals surface area contributed by atoms with Crippen LogP contribution in [-0.2, 0) is 13.0 Å². The van der Waals surface area contributed by atoms with Gasteiger partial charge in [-0.05, 0) is 55.2 Å². The van der Waals surface area contributed by atoms with Gasteiger partial charge >= 0.3 is 0 Å². The van der Waals surface area contributed by atoms with E-state index in [1.165, 1.54) is 5.56 Å². The van der Waals surface area contributed by atoms with Crippen molar-refractivity contribution in [3.8, 4) is 5.75 Å². The molecule has 2 aromatic carbocycles. The molecule has 1 amide bonds. The van der Waals surface area contributed by atoms with Crippen LogP contribution in [0.3, 0.4) is 0 Å². The van der Waals surface area contributed by atoms with E-state index >= 15 is 0 Å². The van der Waals surface area contributed by atoms with Crippen LogP contribution in [0.4, 0.5) is 5.69 Å². The van der Waals surface area contributed by atoms with Gasteiger partial charge in [0, 0.05) is 24.7 Å². The molecule has 0 radical (unpaired) electrons. The molecule has 0 fully saturated rings. The number of ether oxygens (including phenoxy) is 1. The van der Waals surface area contributed by atoms with Gasteiger partial charge in [-0.15, -0.1) is 0 Å². The molecular weight excluding hydrogens is 342 g/mol. The highest BCUT2D eigenvalue weighted by Crippen LogP contribution is 2.28. The van der Waals surface area contributed by atoms with Crippen molar-refractivity contribution < 1.29 is 14.1 Å². The van der Waals surface area contributed by atoms with Crippen molar-refractivity contribution in [2.75, 3.05) is 11.4 Å². The Kier molecular flexibility index (Phi) is 4.87. The number of amides is 1. The Morgan fingerprint density at radius 2 is 1.96 bits per heavy atom. The number of aromatic nitrogens is 2. The molecule has 0 spiro atoms. The fourth-order valence-electron chi connectivity index (χ4n) is 3.30. The highest BCUT2D eigenvalue weighted by molar-refractivity contribution is 6.06. The van der Waals surface area contributed by atoms with Gasteiger partial charge in [-0.3, -0.25) is 4.79 Å². The average molecular weight is 363 g/mol. The molecule has 1 aromatic heterocycles. The van der Waals surface area contributed by atoms with Gasteiger partial charge in [-0.25, -0.2) is 0 Å². The van der Waals surface area contributed by atoms with Crippen LogP contribution in [0.2, 0.25) is 0 Å². The lowest BCUT2D eigenvalue weighted by atomic mass is 10.1. The largest absolute Gasteiger partial charge is 0.485 e. The van der Waals surface area contributed by atoms with Gasteiger partial charge in [0.05, 0.1) is 0 Å². The maximum atomic E-state index is 13.1. The number of anilines is 1. The first-order valence-corrected chi connectivity index (χ1v) is 9.12. The number of hydrogen-bond donors (Lipinski definition) is 0. The monoisotopic (exact) mass is 363 g/mol. The lowest BCUT2D eigenvalue weighted by molar-refractivity contribution is 0.0987. The Bertz CT molecular complexity index is 934. The molecule has 0 saturated carbocycles. The third kappa shape index (κ3) is 3.84. The summed E-state index contributed by atoms with van der Waals surface area (Å²) in [7, 11) is 0. The predicted octanol–water partition coefficient (Wildman–Crippen LogP) is 3.94. The highest BCUT2D eigenvalue weighted by Gasteiger charge is 2.22. The standard InChI is InChI=1S/C21H21N3O3/c1-15-22-20(23-27-15)14-26-18-11-9-17(10-12-18)21(25)24-13-5-4-7-16-6-2-3-8-19(16)24/h2-3,6,8-12H,4-5,7,13-14H2,1H3. The van der Waals surface area contributed by atoms with E-state index in [9.17, 15) is 4.79 Å². The van der Waals surface area contributed by atoms with Gasteiger partial charge in [0.2, 0.25) is 11.7 Å². The van der Waals surface area contributed by atoms with Crippen molar-refractivity contribution in [3.05, 3.63) is 71.4 Å². The Morgan fingerprint density at radius 1 is 1.15 bits per heavy atom. The van der Waals surface area contributed by atoms with Crippen molar-refractivity contribution >= 4 is 11.6 Å². The van der Waals surface area contributed by atoms with Crippen LogP contribution in [0.15, 0.2) is 53.1 Å². The number of nitrogens with zero attached hydrogens (tertiary/aromatic N) is 3. The summed E-state index contributed by atoms with van der Waals surface area (Å²) in [5.41, 5.74) is 2.90. The molecule has 6 heteroatoms. The van der Waals surface area contributed by atoms with E-state index in [1.54, 1.807) is 31.2 Å². The zero-order chi connectivity index (χ0) is 18.6. The Labute approximate surface area is 157 Å². The van der Waals surface area contributed by atoms with Crippen LogP contribution < -0.4 is 9.64 Å².